The Morgan fingerprint density at radius 3 is 3.00 bits per heavy atom. The van der Waals surface area contributed by atoms with E-state index in [-0.39, 0.29) is 0 Å². The fourth-order valence-corrected chi connectivity index (χ4v) is 1.15. The van der Waals surface area contributed by atoms with Crippen molar-refractivity contribution in [2.75, 3.05) is 11.9 Å². The van der Waals surface area contributed by atoms with Crippen LogP contribution in [0.1, 0.15) is 11.3 Å². The summed E-state index contributed by atoms with van der Waals surface area (Å²) in [5, 5.41) is 11.8. The molecule has 0 amide bonds. The molecule has 0 bridgehead atoms. The van der Waals surface area contributed by atoms with E-state index in [2.05, 4.69) is 38.9 Å². The highest BCUT2D eigenvalue weighted by molar-refractivity contribution is 9.11. The second-order valence-corrected chi connectivity index (χ2v) is 3.99. The number of nitrogens with one attached hydrogen (secondary N) is 1. The first-order chi connectivity index (χ1) is 6.61. The zero-order valence-corrected chi connectivity index (χ0v) is 9.43. The van der Waals surface area contributed by atoms with Gasteiger partial charge < -0.3 is 5.32 Å². The molecule has 4 heteroatoms. The average Bonchev–Trinajstić information content (AvgIpc) is 2.14. The molecule has 0 aromatic carbocycles. The largest absolute Gasteiger partial charge is 0.365 e. The van der Waals surface area contributed by atoms with Crippen molar-refractivity contribution in [3.63, 3.8) is 0 Å². The molecule has 0 saturated carbocycles. The van der Waals surface area contributed by atoms with E-state index in [1.54, 1.807) is 12.1 Å². The summed E-state index contributed by atoms with van der Waals surface area (Å²) < 4.78 is 0.847. The third kappa shape index (κ3) is 3.19. The summed E-state index contributed by atoms with van der Waals surface area (Å²) in [6.07, 6.45) is 0. The molecular formula is C10H10BrN3. The molecule has 0 aliphatic rings. The van der Waals surface area contributed by atoms with Crippen molar-refractivity contribution in [2.24, 2.45) is 0 Å². The molecule has 1 N–H and O–H groups in total. The van der Waals surface area contributed by atoms with Gasteiger partial charge in [-0.05, 0) is 19.1 Å². The second-order valence-electron chi connectivity index (χ2n) is 2.87. The van der Waals surface area contributed by atoms with E-state index >= 15 is 0 Å². The number of pyridine rings is 1. The van der Waals surface area contributed by atoms with E-state index in [0.717, 1.165) is 10.2 Å². The van der Waals surface area contributed by atoms with Crippen molar-refractivity contribution in [1.29, 1.82) is 5.26 Å². The van der Waals surface area contributed by atoms with Crippen LogP contribution in [0.2, 0.25) is 0 Å². The predicted octanol–water partition coefficient (Wildman–Crippen LogP) is 2.58. The van der Waals surface area contributed by atoms with Crippen LogP contribution in [0.3, 0.4) is 0 Å². The smallest absolute Gasteiger partial charge is 0.127 e. The summed E-state index contributed by atoms with van der Waals surface area (Å²) in [5.74, 6) is 0.696. The van der Waals surface area contributed by atoms with Crippen molar-refractivity contribution in [1.82, 2.24) is 4.98 Å². The molecule has 1 heterocycles. The van der Waals surface area contributed by atoms with Gasteiger partial charge in [-0.2, -0.15) is 5.26 Å². The first-order valence-electron chi connectivity index (χ1n) is 4.08. The van der Waals surface area contributed by atoms with Crippen LogP contribution in [0.25, 0.3) is 0 Å². The molecule has 3 nitrogen and oxygen atoms in total. The highest BCUT2D eigenvalue weighted by atomic mass is 79.9. The van der Waals surface area contributed by atoms with E-state index in [9.17, 15) is 0 Å². The monoisotopic (exact) mass is 251 g/mol. The summed E-state index contributed by atoms with van der Waals surface area (Å²) in [7, 11) is 0. The van der Waals surface area contributed by atoms with Crippen LogP contribution in [-0.2, 0) is 0 Å². The van der Waals surface area contributed by atoms with Gasteiger partial charge in [0.15, 0.2) is 0 Å². The molecular weight excluding hydrogens is 242 g/mol. The van der Waals surface area contributed by atoms with Crippen LogP contribution >= 0.6 is 15.9 Å². The van der Waals surface area contributed by atoms with E-state index in [4.69, 9.17) is 5.26 Å². The Kier molecular flexibility index (Phi) is 3.66. The minimum Gasteiger partial charge on any atom is -0.365 e. The maximum absolute atomic E-state index is 8.73. The Labute approximate surface area is 91.6 Å². The minimum absolute atomic E-state index is 0.599. The molecule has 72 valence electrons. The van der Waals surface area contributed by atoms with Crippen LogP contribution in [0, 0.1) is 18.3 Å². The molecule has 0 fully saturated rings. The Bertz CT molecular complexity index is 393. The van der Waals surface area contributed by atoms with Crippen LogP contribution < -0.4 is 5.32 Å². The molecule has 1 aromatic rings. The van der Waals surface area contributed by atoms with Crippen molar-refractivity contribution in [3.05, 3.63) is 34.5 Å². The van der Waals surface area contributed by atoms with Gasteiger partial charge in [-0.1, -0.05) is 22.5 Å². The summed E-state index contributed by atoms with van der Waals surface area (Å²) in [6, 6.07) is 5.54. The number of anilines is 1. The van der Waals surface area contributed by atoms with E-state index in [1.807, 2.05) is 6.92 Å². The minimum atomic E-state index is 0.599. The van der Waals surface area contributed by atoms with Gasteiger partial charge in [0.05, 0.1) is 11.6 Å². The number of hydrogen-bond acceptors (Lipinski definition) is 3. The van der Waals surface area contributed by atoms with E-state index < -0.39 is 0 Å². The van der Waals surface area contributed by atoms with Gasteiger partial charge in [0.1, 0.15) is 5.82 Å². The van der Waals surface area contributed by atoms with Crippen LogP contribution in [-0.4, -0.2) is 11.5 Å². The highest BCUT2D eigenvalue weighted by Crippen LogP contribution is 2.10. The molecule has 0 unspecified atom stereocenters. The Morgan fingerprint density at radius 1 is 1.71 bits per heavy atom. The van der Waals surface area contributed by atoms with Gasteiger partial charge in [0.2, 0.25) is 0 Å². The zero-order valence-electron chi connectivity index (χ0n) is 7.84. The summed E-state index contributed by atoms with van der Waals surface area (Å²) >= 11 is 3.24. The molecule has 0 saturated heterocycles. The lowest BCUT2D eigenvalue weighted by Crippen LogP contribution is -2.03. The predicted molar refractivity (Wildman–Crippen MR) is 60.2 cm³/mol. The van der Waals surface area contributed by atoms with Gasteiger partial charge in [0, 0.05) is 16.7 Å². The van der Waals surface area contributed by atoms with Crippen molar-refractivity contribution < 1.29 is 0 Å². The Hall–Kier alpha value is -1.34. The number of nitrogens with zero attached hydrogens (tertiary/aromatic N) is 2. The normalized spacial score (nSPS) is 9.21. The summed E-state index contributed by atoms with van der Waals surface area (Å²) in [5.41, 5.74) is 1.44. The molecule has 0 atom stereocenters. The third-order valence-electron chi connectivity index (χ3n) is 1.54. The van der Waals surface area contributed by atoms with Crippen LogP contribution in [0.15, 0.2) is 23.2 Å². The Morgan fingerprint density at radius 2 is 2.43 bits per heavy atom. The second kappa shape index (κ2) is 4.77. The number of aryl methyl sites for hydroxylation is 1. The molecule has 0 spiro atoms. The topological polar surface area (TPSA) is 48.7 Å². The molecule has 0 aliphatic heterocycles. The maximum Gasteiger partial charge on any atom is 0.127 e. The fraction of sp³-hybridized carbons (Fsp3) is 0.200. The number of aromatic nitrogens is 1. The van der Waals surface area contributed by atoms with Crippen molar-refractivity contribution in [2.45, 2.75) is 6.92 Å². The highest BCUT2D eigenvalue weighted by Gasteiger charge is 1.98. The maximum atomic E-state index is 8.73. The lowest BCUT2D eigenvalue weighted by Gasteiger charge is -2.05. The van der Waals surface area contributed by atoms with Gasteiger partial charge in [-0.25, -0.2) is 4.98 Å². The first kappa shape index (κ1) is 10.7. The van der Waals surface area contributed by atoms with Crippen molar-refractivity contribution in [3.8, 4) is 6.07 Å². The number of rotatable bonds is 3. The van der Waals surface area contributed by atoms with Gasteiger partial charge >= 0.3 is 0 Å². The van der Waals surface area contributed by atoms with Crippen LogP contribution in [0.4, 0.5) is 5.82 Å². The van der Waals surface area contributed by atoms with Crippen LogP contribution in [0.5, 0.6) is 0 Å². The summed E-state index contributed by atoms with van der Waals surface area (Å²) in [6.45, 7) is 6.15. The van der Waals surface area contributed by atoms with Gasteiger partial charge in [0.25, 0.3) is 0 Å². The molecule has 0 aliphatic carbocycles. The third-order valence-corrected chi connectivity index (χ3v) is 1.82. The van der Waals surface area contributed by atoms with Crippen molar-refractivity contribution >= 4 is 21.7 Å². The first-order valence-corrected chi connectivity index (χ1v) is 4.87. The lowest BCUT2D eigenvalue weighted by atomic mass is 10.2. The number of nitriles is 1. The molecule has 1 rings (SSSR count). The Balaban J connectivity index is 2.82. The zero-order chi connectivity index (χ0) is 10.6. The fourth-order valence-electron chi connectivity index (χ4n) is 1.01. The van der Waals surface area contributed by atoms with E-state index in [0.29, 0.717) is 17.9 Å². The molecule has 1 aromatic heterocycles. The molecule has 0 radical (unpaired) electrons. The van der Waals surface area contributed by atoms with Gasteiger partial charge in [-0.15, -0.1) is 0 Å². The number of hydrogen-bond donors (Lipinski definition) is 1. The SMILES string of the molecule is C=C(Br)CNc1cc(C#N)cc(C)n1. The van der Waals surface area contributed by atoms with E-state index in [1.165, 1.54) is 0 Å². The number of halogens is 1. The average molecular weight is 252 g/mol. The summed E-state index contributed by atoms with van der Waals surface area (Å²) in [4.78, 5) is 4.23. The molecule has 14 heavy (non-hydrogen) atoms. The quantitative estimate of drug-likeness (QED) is 0.899. The standard InChI is InChI=1S/C10H10BrN3/c1-7(11)6-13-10-4-9(5-12)3-8(2)14-10/h3-4H,1,6H2,2H3,(H,13,14). The lowest BCUT2D eigenvalue weighted by molar-refractivity contribution is 1.15. The van der Waals surface area contributed by atoms with Gasteiger partial charge in [-0.3, -0.25) is 0 Å².